The minimum atomic E-state index is -2.48. The topological polar surface area (TPSA) is 91.3 Å². The first-order valence-electron chi connectivity index (χ1n) is 5.06. The minimum absolute atomic E-state index is 0.109. The van der Waals surface area contributed by atoms with Gasteiger partial charge in [-0.3, -0.25) is 20.3 Å². The van der Waals surface area contributed by atoms with Crippen LogP contribution < -0.4 is 10.8 Å². The lowest BCUT2D eigenvalue weighted by Gasteiger charge is -2.22. The summed E-state index contributed by atoms with van der Waals surface area (Å²) in [5.74, 6) is -1.03. The molecule has 0 aliphatic heterocycles. The highest BCUT2D eigenvalue weighted by molar-refractivity contribution is 7.62. The first-order chi connectivity index (χ1) is 7.95. The lowest BCUT2D eigenvalue weighted by atomic mass is 10.3. The Morgan fingerprint density at radius 3 is 2.76 bits per heavy atom. The fraction of sp³-hybridized carbons (Fsp3) is 0.400. The molecule has 1 atom stereocenters. The summed E-state index contributed by atoms with van der Waals surface area (Å²) in [6.07, 6.45) is 3.23. The summed E-state index contributed by atoms with van der Waals surface area (Å²) in [4.78, 5) is 14.9. The van der Waals surface area contributed by atoms with E-state index in [1.165, 1.54) is 5.48 Å². The van der Waals surface area contributed by atoms with E-state index < -0.39 is 18.8 Å². The number of hydroxylamine groups is 1. The van der Waals surface area contributed by atoms with Gasteiger partial charge in [0.25, 0.3) is 5.91 Å². The van der Waals surface area contributed by atoms with Gasteiger partial charge >= 0.3 is 0 Å². The molecule has 0 aliphatic carbocycles. The summed E-state index contributed by atoms with van der Waals surface area (Å²) in [6.45, 7) is 3.16. The standard InChI is InChI=1S/C10H16N3O3P/c1-17(2,16)10(12-7-9(14)13-15)8-4-3-5-11-6-8/h3-6,10,12,15H,7H2,1-2H3,(H,13,14). The number of hydrogen-bond acceptors (Lipinski definition) is 5. The molecule has 1 unspecified atom stereocenters. The molecule has 0 bridgehead atoms. The van der Waals surface area contributed by atoms with Gasteiger partial charge in [0.2, 0.25) is 0 Å². The Morgan fingerprint density at radius 1 is 1.59 bits per heavy atom. The van der Waals surface area contributed by atoms with Gasteiger partial charge in [0.05, 0.1) is 12.3 Å². The van der Waals surface area contributed by atoms with Crippen molar-refractivity contribution in [3.8, 4) is 0 Å². The van der Waals surface area contributed by atoms with Crippen LogP contribution in [0.2, 0.25) is 0 Å². The fourth-order valence-electron chi connectivity index (χ4n) is 1.46. The summed E-state index contributed by atoms with van der Waals surface area (Å²) in [5.41, 5.74) is 2.27. The molecule has 1 aromatic rings. The van der Waals surface area contributed by atoms with E-state index in [4.69, 9.17) is 5.21 Å². The molecule has 0 saturated heterocycles. The van der Waals surface area contributed by atoms with Crippen LogP contribution in [0.1, 0.15) is 11.3 Å². The van der Waals surface area contributed by atoms with Crippen LogP contribution in [-0.4, -0.2) is 36.0 Å². The molecule has 0 aliphatic rings. The Hall–Kier alpha value is -1.23. The van der Waals surface area contributed by atoms with Crippen LogP contribution in [0.25, 0.3) is 0 Å². The highest BCUT2D eigenvalue weighted by Crippen LogP contribution is 2.50. The molecule has 0 fully saturated rings. The minimum Gasteiger partial charge on any atom is -0.322 e. The molecule has 0 radical (unpaired) electrons. The number of pyridine rings is 1. The number of carbonyl (C=O) groups is 1. The van der Waals surface area contributed by atoms with Crippen LogP contribution in [0, 0.1) is 0 Å². The van der Waals surface area contributed by atoms with Crippen LogP contribution in [0.15, 0.2) is 24.5 Å². The van der Waals surface area contributed by atoms with Gasteiger partial charge in [-0.2, -0.15) is 0 Å². The maximum Gasteiger partial charge on any atom is 0.257 e. The highest BCUT2D eigenvalue weighted by Gasteiger charge is 2.25. The summed E-state index contributed by atoms with van der Waals surface area (Å²) in [6, 6.07) is 3.53. The number of nitrogens with one attached hydrogen (secondary N) is 2. The van der Waals surface area contributed by atoms with Crippen LogP contribution in [-0.2, 0) is 9.36 Å². The SMILES string of the molecule is CP(C)(=O)C(NCC(=O)NO)c1cccnc1. The van der Waals surface area contributed by atoms with Crippen molar-refractivity contribution in [1.29, 1.82) is 0 Å². The molecule has 1 rings (SSSR count). The largest absolute Gasteiger partial charge is 0.322 e. The lowest BCUT2D eigenvalue weighted by molar-refractivity contribution is -0.128. The zero-order valence-corrected chi connectivity index (χ0v) is 10.6. The normalized spacial score (nSPS) is 13.1. The van der Waals surface area contributed by atoms with Crippen LogP contribution in [0.4, 0.5) is 0 Å². The predicted molar refractivity (Wildman–Crippen MR) is 64.4 cm³/mol. The number of carbonyl (C=O) groups excluding carboxylic acids is 1. The predicted octanol–water partition coefficient (Wildman–Crippen LogP) is 0.798. The number of aromatic nitrogens is 1. The van der Waals surface area contributed by atoms with Crippen molar-refractivity contribution in [3.05, 3.63) is 30.1 Å². The molecule has 17 heavy (non-hydrogen) atoms. The zero-order chi connectivity index (χ0) is 12.9. The first kappa shape index (κ1) is 13.8. The Bertz CT molecular complexity index is 418. The van der Waals surface area contributed by atoms with Crippen LogP contribution in [0.5, 0.6) is 0 Å². The van der Waals surface area contributed by atoms with Crippen molar-refractivity contribution < 1.29 is 14.6 Å². The zero-order valence-electron chi connectivity index (χ0n) is 9.75. The summed E-state index contributed by atoms with van der Waals surface area (Å²) in [7, 11) is -2.48. The van der Waals surface area contributed by atoms with Gasteiger partial charge in [-0.05, 0) is 25.0 Å². The van der Waals surface area contributed by atoms with Gasteiger partial charge in [-0.15, -0.1) is 0 Å². The molecule has 6 nitrogen and oxygen atoms in total. The molecule has 1 aromatic heterocycles. The average Bonchev–Trinajstić information content (AvgIpc) is 2.28. The second-order valence-electron chi connectivity index (χ2n) is 4.04. The molecule has 1 amide bonds. The second-order valence-corrected chi connectivity index (χ2v) is 7.42. The Labute approximate surface area is 99.8 Å². The van der Waals surface area contributed by atoms with Crippen molar-refractivity contribution in [2.24, 2.45) is 0 Å². The number of amides is 1. The van der Waals surface area contributed by atoms with Crippen LogP contribution in [0.3, 0.4) is 0 Å². The van der Waals surface area contributed by atoms with Gasteiger partial charge in [0.15, 0.2) is 0 Å². The van der Waals surface area contributed by atoms with Crippen molar-refractivity contribution in [1.82, 2.24) is 15.8 Å². The average molecular weight is 257 g/mol. The second kappa shape index (κ2) is 5.91. The van der Waals surface area contributed by atoms with E-state index in [0.717, 1.165) is 5.56 Å². The maximum absolute atomic E-state index is 12.1. The smallest absolute Gasteiger partial charge is 0.257 e. The number of nitrogens with zero attached hydrogens (tertiary/aromatic N) is 1. The third kappa shape index (κ3) is 4.26. The van der Waals surface area contributed by atoms with Crippen molar-refractivity contribution >= 4 is 13.0 Å². The quantitative estimate of drug-likeness (QED) is 0.412. The summed E-state index contributed by atoms with van der Waals surface area (Å²) >= 11 is 0. The van der Waals surface area contributed by atoms with Crippen molar-refractivity contribution in [3.63, 3.8) is 0 Å². The van der Waals surface area contributed by atoms with Crippen LogP contribution >= 0.6 is 7.14 Å². The van der Waals surface area contributed by atoms with E-state index in [1.807, 2.05) is 0 Å². The maximum atomic E-state index is 12.1. The summed E-state index contributed by atoms with van der Waals surface area (Å²) < 4.78 is 12.1. The van der Waals surface area contributed by atoms with E-state index in [0.29, 0.717) is 0 Å². The van der Waals surface area contributed by atoms with E-state index in [1.54, 1.807) is 37.9 Å². The van der Waals surface area contributed by atoms with Crippen molar-refractivity contribution in [2.75, 3.05) is 19.9 Å². The number of hydrogen-bond donors (Lipinski definition) is 3. The van der Waals surface area contributed by atoms with Gasteiger partial charge in [0, 0.05) is 12.4 Å². The monoisotopic (exact) mass is 257 g/mol. The van der Waals surface area contributed by atoms with Gasteiger partial charge in [-0.25, -0.2) is 5.48 Å². The first-order valence-corrected chi connectivity index (χ1v) is 7.73. The lowest BCUT2D eigenvalue weighted by Crippen LogP contribution is -2.34. The van der Waals surface area contributed by atoms with E-state index in [9.17, 15) is 9.36 Å². The van der Waals surface area contributed by atoms with Crippen molar-refractivity contribution in [2.45, 2.75) is 5.78 Å². The van der Waals surface area contributed by atoms with Gasteiger partial charge < -0.3 is 4.57 Å². The van der Waals surface area contributed by atoms with Gasteiger partial charge in [0.1, 0.15) is 7.14 Å². The molecule has 0 aromatic carbocycles. The fourth-order valence-corrected chi connectivity index (χ4v) is 2.87. The highest BCUT2D eigenvalue weighted by atomic mass is 31.2. The third-order valence-corrected chi connectivity index (χ3v) is 3.93. The molecule has 94 valence electrons. The number of rotatable bonds is 5. The molecule has 0 spiro atoms. The van der Waals surface area contributed by atoms with Gasteiger partial charge in [-0.1, -0.05) is 6.07 Å². The molecule has 1 heterocycles. The molecule has 7 heteroatoms. The molecular weight excluding hydrogens is 241 g/mol. The molecular formula is C10H16N3O3P. The Kier molecular flexibility index (Phi) is 4.81. The third-order valence-electron chi connectivity index (χ3n) is 2.20. The summed E-state index contributed by atoms with van der Waals surface area (Å²) in [5, 5.41) is 11.3. The molecule has 0 saturated carbocycles. The Balaban J connectivity index is 2.83. The van der Waals surface area contributed by atoms with E-state index in [2.05, 4.69) is 10.3 Å². The molecule has 3 N–H and O–H groups in total. The Morgan fingerprint density at radius 2 is 2.29 bits per heavy atom. The van der Waals surface area contributed by atoms with E-state index in [-0.39, 0.29) is 6.54 Å². The van der Waals surface area contributed by atoms with E-state index >= 15 is 0 Å².